The Morgan fingerprint density at radius 2 is 1.90 bits per heavy atom. The number of amides is 2. The van der Waals surface area contributed by atoms with Crippen molar-refractivity contribution in [3.63, 3.8) is 0 Å². The fourth-order valence-electron chi connectivity index (χ4n) is 3.71. The van der Waals surface area contributed by atoms with Crippen LogP contribution in [0.2, 0.25) is 0 Å². The molecule has 1 fully saturated rings. The molecule has 1 aliphatic heterocycles. The highest BCUT2D eigenvalue weighted by molar-refractivity contribution is 5.96. The molecule has 1 aliphatic rings. The first-order chi connectivity index (χ1) is 14.9. The van der Waals surface area contributed by atoms with Crippen molar-refractivity contribution >= 4 is 17.5 Å². The van der Waals surface area contributed by atoms with Gasteiger partial charge in [0, 0.05) is 24.3 Å². The van der Waals surface area contributed by atoms with E-state index in [4.69, 9.17) is 0 Å². The maximum Gasteiger partial charge on any atom is 0.253 e. The summed E-state index contributed by atoms with van der Waals surface area (Å²) in [7, 11) is 0. The van der Waals surface area contributed by atoms with E-state index in [2.05, 4.69) is 20.8 Å². The zero-order valence-electron chi connectivity index (χ0n) is 17.4. The van der Waals surface area contributed by atoms with E-state index >= 15 is 0 Å². The van der Waals surface area contributed by atoms with Crippen LogP contribution in [-0.4, -0.2) is 50.0 Å². The van der Waals surface area contributed by atoms with Crippen molar-refractivity contribution in [1.82, 2.24) is 25.1 Å². The second-order valence-electron chi connectivity index (χ2n) is 7.75. The molecule has 1 saturated heterocycles. The molecule has 0 radical (unpaired) electrons. The molecule has 1 unspecified atom stereocenters. The molecule has 9 heteroatoms. The largest absolute Gasteiger partial charge is 0.338 e. The van der Waals surface area contributed by atoms with Gasteiger partial charge in [-0.1, -0.05) is 17.7 Å². The summed E-state index contributed by atoms with van der Waals surface area (Å²) in [6, 6.07) is 11.7. The van der Waals surface area contributed by atoms with Crippen LogP contribution < -0.4 is 5.32 Å². The van der Waals surface area contributed by atoms with Gasteiger partial charge in [0.15, 0.2) is 5.82 Å². The fourth-order valence-corrected chi connectivity index (χ4v) is 3.71. The normalized spacial score (nSPS) is 16.2. The van der Waals surface area contributed by atoms with Crippen LogP contribution in [0, 0.1) is 25.6 Å². The molecule has 1 atom stereocenters. The Morgan fingerprint density at radius 3 is 2.61 bits per heavy atom. The van der Waals surface area contributed by atoms with Crippen molar-refractivity contribution < 1.29 is 14.0 Å². The van der Waals surface area contributed by atoms with Crippen molar-refractivity contribution in [2.45, 2.75) is 26.7 Å². The summed E-state index contributed by atoms with van der Waals surface area (Å²) >= 11 is 0. The summed E-state index contributed by atoms with van der Waals surface area (Å²) in [6.45, 7) is 4.60. The number of hydrogen-bond donors (Lipinski definition) is 1. The molecule has 4 rings (SSSR count). The van der Waals surface area contributed by atoms with Crippen LogP contribution in [0.15, 0.2) is 42.5 Å². The number of tetrazole rings is 1. The lowest BCUT2D eigenvalue weighted by Crippen LogP contribution is -2.43. The summed E-state index contributed by atoms with van der Waals surface area (Å²) in [5.74, 6) is -0.685. The van der Waals surface area contributed by atoms with Crippen molar-refractivity contribution in [2.24, 2.45) is 5.92 Å². The van der Waals surface area contributed by atoms with Crippen molar-refractivity contribution in [3.8, 4) is 5.69 Å². The molecule has 0 spiro atoms. The first-order valence-electron chi connectivity index (χ1n) is 10.1. The lowest BCUT2D eigenvalue weighted by atomic mass is 9.96. The van der Waals surface area contributed by atoms with Crippen LogP contribution in [-0.2, 0) is 4.79 Å². The van der Waals surface area contributed by atoms with Crippen molar-refractivity contribution in [3.05, 3.63) is 65.2 Å². The van der Waals surface area contributed by atoms with Gasteiger partial charge in [0.2, 0.25) is 5.91 Å². The molecule has 3 aromatic rings. The number of aromatic nitrogens is 4. The van der Waals surface area contributed by atoms with Gasteiger partial charge in [-0.05, 0) is 67.4 Å². The number of aryl methyl sites for hydroxylation is 2. The van der Waals surface area contributed by atoms with E-state index in [1.54, 1.807) is 11.8 Å². The van der Waals surface area contributed by atoms with E-state index in [0.717, 1.165) is 12.0 Å². The predicted octanol–water partition coefficient (Wildman–Crippen LogP) is 2.91. The van der Waals surface area contributed by atoms with Gasteiger partial charge in [-0.2, -0.15) is 4.68 Å². The standard InChI is InChI=1S/C22H23FN6O2/c1-14-5-7-16(8-6-14)22(31)28-11-3-4-17(13-28)21(30)24-18-9-10-19(23)20(12-18)29-15(2)25-26-27-29/h5-10,12,17H,3-4,11,13H2,1-2H3,(H,24,30). The van der Waals surface area contributed by atoms with E-state index in [-0.39, 0.29) is 23.4 Å². The third kappa shape index (κ3) is 4.45. The summed E-state index contributed by atoms with van der Waals surface area (Å²) in [5, 5.41) is 13.9. The molecule has 2 heterocycles. The SMILES string of the molecule is Cc1ccc(C(=O)N2CCCC(C(=O)Nc3ccc(F)c(-n4nnnc4C)c3)C2)cc1. The lowest BCUT2D eigenvalue weighted by molar-refractivity contribution is -0.121. The van der Waals surface area contributed by atoms with Gasteiger partial charge in [-0.3, -0.25) is 9.59 Å². The molecule has 0 bridgehead atoms. The highest BCUT2D eigenvalue weighted by Crippen LogP contribution is 2.23. The molecular weight excluding hydrogens is 399 g/mol. The first-order valence-corrected chi connectivity index (χ1v) is 10.1. The molecule has 1 aromatic heterocycles. The van der Waals surface area contributed by atoms with Crippen LogP contribution >= 0.6 is 0 Å². The maximum atomic E-state index is 14.3. The van der Waals surface area contributed by atoms with E-state index < -0.39 is 5.82 Å². The number of likely N-dealkylation sites (tertiary alicyclic amines) is 1. The van der Waals surface area contributed by atoms with Crippen LogP contribution in [0.3, 0.4) is 0 Å². The molecular formula is C22H23FN6O2. The minimum Gasteiger partial charge on any atom is -0.338 e. The van der Waals surface area contributed by atoms with Crippen LogP contribution in [0.25, 0.3) is 5.69 Å². The monoisotopic (exact) mass is 422 g/mol. The second-order valence-corrected chi connectivity index (χ2v) is 7.75. The van der Waals surface area contributed by atoms with Crippen LogP contribution in [0.1, 0.15) is 34.6 Å². The topological polar surface area (TPSA) is 93.0 Å². The van der Waals surface area contributed by atoms with E-state index in [1.165, 1.54) is 22.9 Å². The van der Waals surface area contributed by atoms with E-state index in [1.807, 2.05) is 31.2 Å². The number of carbonyl (C=O) groups excluding carboxylic acids is 2. The minimum absolute atomic E-state index is 0.0734. The number of nitrogens with zero attached hydrogens (tertiary/aromatic N) is 5. The summed E-state index contributed by atoms with van der Waals surface area (Å²) in [6.07, 6.45) is 1.43. The predicted molar refractivity (Wildman–Crippen MR) is 112 cm³/mol. The van der Waals surface area contributed by atoms with Gasteiger partial charge in [0.1, 0.15) is 11.5 Å². The Morgan fingerprint density at radius 1 is 1.13 bits per heavy atom. The number of anilines is 1. The number of benzene rings is 2. The Kier molecular flexibility index (Phi) is 5.75. The Labute approximate surface area is 179 Å². The number of hydrogen-bond acceptors (Lipinski definition) is 5. The zero-order valence-corrected chi connectivity index (χ0v) is 17.4. The maximum absolute atomic E-state index is 14.3. The number of rotatable bonds is 4. The summed E-state index contributed by atoms with van der Waals surface area (Å²) in [5.41, 5.74) is 2.30. The van der Waals surface area contributed by atoms with Gasteiger partial charge < -0.3 is 10.2 Å². The minimum atomic E-state index is -0.499. The first kappa shape index (κ1) is 20.6. The number of carbonyl (C=O) groups is 2. The summed E-state index contributed by atoms with van der Waals surface area (Å²) < 4.78 is 15.5. The quantitative estimate of drug-likeness (QED) is 0.698. The van der Waals surface area contributed by atoms with Crippen molar-refractivity contribution in [1.29, 1.82) is 0 Å². The van der Waals surface area contributed by atoms with Gasteiger partial charge >= 0.3 is 0 Å². The molecule has 8 nitrogen and oxygen atoms in total. The van der Waals surface area contributed by atoms with Gasteiger partial charge in [-0.25, -0.2) is 4.39 Å². The highest BCUT2D eigenvalue weighted by atomic mass is 19.1. The molecule has 2 amide bonds. The molecule has 1 N–H and O–H groups in total. The third-order valence-electron chi connectivity index (χ3n) is 5.45. The number of nitrogens with one attached hydrogen (secondary N) is 1. The van der Waals surface area contributed by atoms with Crippen LogP contribution in [0.5, 0.6) is 0 Å². The van der Waals surface area contributed by atoms with Crippen molar-refractivity contribution in [2.75, 3.05) is 18.4 Å². The van der Waals surface area contributed by atoms with Gasteiger partial charge in [-0.15, -0.1) is 5.10 Å². The van der Waals surface area contributed by atoms with Gasteiger partial charge in [0.05, 0.1) is 5.92 Å². The number of piperidine rings is 1. The lowest BCUT2D eigenvalue weighted by Gasteiger charge is -2.32. The zero-order chi connectivity index (χ0) is 22.0. The highest BCUT2D eigenvalue weighted by Gasteiger charge is 2.29. The Hall–Kier alpha value is -3.62. The molecule has 0 aliphatic carbocycles. The molecule has 160 valence electrons. The van der Waals surface area contributed by atoms with Gasteiger partial charge in [0.25, 0.3) is 5.91 Å². The average molecular weight is 422 g/mol. The second kappa shape index (κ2) is 8.63. The summed E-state index contributed by atoms with van der Waals surface area (Å²) in [4.78, 5) is 27.4. The molecule has 0 saturated carbocycles. The average Bonchev–Trinajstić information content (AvgIpc) is 3.21. The number of halogens is 1. The Bertz CT molecular complexity index is 1110. The molecule has 2 aromatic carbocycles. The van der Waals surface area contributed by atoms with E-state index in [9.17, 15) is 14.0 Å². The third-order valence-corrected chi connectivity index (χ3v) is 5.45. The fraction of sp³-hybridized carbons (Fsp3) is 0.318. The Balaban J connectivity index is 1.46. The van der Waals surface area contributed by atoms with Crippen LogP contribution in [0.4, 0.5) is 10.1 Å². The van der Waals surface area contributed by atoms with E-state index in [0.29, 0.717) is 36.6 Å². The molecule has 31 heavy (non-hydrogen) atoms. The smallest absolute Gasteiger partial charge is 0.253 e.